The van der Waals surface area contributed by atoms with Gasteiger partial charge in [-0.25, -0.2) is 13.8 Å². The number of rotatable bonds is 2. The molecule has 0 saturated heterocycles. The van der Waals surface area contributed by atoms with E-state index < -0.39 is 17.7 Å². The molecule has 1 aromatic heterocycles. The highest BCUT2D eigenvalue weighted by Gasteiger charge is 2.15. The Morgan fingerprint density at radius 2 is 2.13 bits per heavy atom. The highest BCUT2D eigenvalue weighted by Crippen LogP contribution is 2.23. The number of hydrogen-bond donors (Lipinski definition) is 1. The molecule has 1 heterocycles. The molecule has 2 rings (SSSR count). The van der Waals surface area contributed by atoms with E-state index >= 15 is 0 Å². The Morgan fingerprint density at radius 1 is 1.33 bits per heavy atom. The third-order valence-corrected chi connectivity index (χ3v) is 2.87. The predicted molar refractivity (Wildman–Crippen MR) is 54.5 cm³/mol. The monoisotopic (exact) mass is 226 g/mol. The Kier molecular flexibility index (Phi) is 2.75. The van der Waals surface area contributed by atoms with Gasteiger partial charge in [0.05, 0.1) is 6.04 Å². The summed E-state index contributed by atoms with van der Waals surface area (Å²) in [6, 6.07) is 2.72. The van der Waals surface area contributed by atoms with E-state index in [1.807, 2.05) is 0 Å². The lowest BCUT2D eigenvalue weighted by molar-refractivity contribution is 0.565. The Balaban J connectivity index is 2.38. The van der Waals surface area contributed by atoms with Crippen molar-refractivity contribution in [3.05, 3.63) is 52.0 Å². The lowest BCUT2D eigenvalue weighted by Crippen LogP contribution is -2.13. The summed E-state index contributed by atoms with van der Waals surface area (Å²) in [6.45, 7) is 0. The normalized spacial score (nSPS) is 12.7. The summed E-state index contributed by atoms with van der Waals surface area (Å²) in [7, 11) is 0. The zero-order chi connectivity index (χ0) is 10.8. The second kappa shape index (κ2) is 4.04. The molecule has 5 heteroatoms. The van der Waals surface area contributed by atoms with Crippen LogP contribution in [0.3, 0.4) is 0 Å². The van der Waals surface area contributed by atoms with Crippen LogP contribution in [-0.2, 0) is 0 Å². The molecule has 2 N–H and O–H groups in total. The number of aromatic nitrogens is 1. The predicted octanol–water partition coefficient (Wildman–Crippen LogP) is 2.47. The van der Waals surface area contributed by atoms with Gasteiger partial charge in [-0.1, -0.05) is 6.07 Å². The average molecular weight is 226 g/mol. The Hall–Kier alpha value is -1.33. The fraction of sp³-hybridized carbons (Fsp3) is 0.100. The van der Waals surface area contributed by atoms with Gasteiger partial charge in [0.1, 0.15) is 16.6 Å². The summed E-state index contributed by atoms with van der Waals surface area (Å²) < 4.78 is 26.0. The van der Waals surface area contributed by atoms with Crippen LogP contribution in [0.25, 0.3) is 0 Å². The van der Waals surface area contributed by atoms with E-state index in [0.29, 0.717) is 5.01 Å². The summed E-state index contributed by atoms with van der Waals surface area (Å²) in [6.07, 6.45) is 1.60. The molecule has 0 aliphatic carbocycles. The number of halogens is 2. The first-order chi connectivity index (χ1) is 7.18. The van der Waals surface area contributed by atoms with Gasteiger partial charge in [0.25, 0.3) is 0 Å². The minimum Gasteiger partial charge on any atom is -0.318 e. The van der Waals surface area contributed by atoms with E-state index in [0.717, 1.165) is 6.07 Å². The van der Waals surface area contributed by atoms with Gasteiger partial charge in [0.15, 0.2) is 0 Å². The van der Waals surface area contributed by atoms with E-state index in [1.54, 1.807) is 11.6 Å². The van der Waals surface area contributed by atoms with Crippen molar-refractivity contribution in [3.8, 4) is 0 Å². The highest BCUT2D eigenvalue weighted by atomic mass is 32.1. The van der Waals surface area contributed by atoms with Crippen molar-refractivity contribution < 1.29 is 8.78 Å². The number of nitrogens with zero attached hydrogens (tertiary/aromatic N) is 1. The second-order valence-electron chi connectivity index (χ2n) is 3.01. The molecule has 0 spiro atoms. The van der Waals surface area contributed by atoms with E-state index in [4.69, 9.17) is 5.73 Å². The van der Waals surface area contributed by atoms with Crippen molar-refractivity contribution in [1.82, 2.24) is 4.98 Å². The molecule has 0 aliphatic rings. The van der Waals surface area contributed by atoms with Crippen LogP contribution in [0, 0.1) is 11.6 Å². The first-order valence-electron chi connectivity index (χ1n) is 4.28. The average Bonchev–Trinajstić information content (AvgIpc) is 2.69. The molecule has 1 atom stereocenters. The van der Waals surface area contributed by atoms with Crippen molar-refractivity contribution in [1.29, 1.82) is 0 Å². The maximum Gasteiger partial charge on any atom is 0.131 e. The third kappa shape index (κ3) is 2.03. The fourth-order valence-electron chi connectivity index (χ4n) is 1.27. The van der Waals surface area contributed by atoms with Crippen LogP contribution in [0.1, 0.15) is 16.6 Å². The minimum absolute atomic E-state index is 0.256. The molecule has 0 radical (unpaired) electrons. The van der Waals surface area contributed by atoms with Gasteiger partial charge in [0.2, 0.25) is 0 Å². The molecule has 1 aromatic carbocycles. The zero-order valence-electron chi connectivity index (χ0n) is 7.65. The molecule has 0 aliphatic heterocycles. The van der Waals surface area contributed by atoms with Gasteiger partial charge >= 0.3 is 0 Å². The lowest BCUT2D eigenvalue weighted by Gasteiger charge is -2.09. The maximum atomic E-state index is 13.3. The standard InChI is InChI=1S/C10H8F2N2S/c11-6-1-2-7(8(12)5-6)9(13)10-14-3-4-15-10/h1-5,9H,13H2. The highest BCUT2D eigenvalue weighted by molar-refractivity contribution is 7.09. The van der Waals surface area contributed by atoms with Crippen LogP contribution in [0.2, 0.25) is 0 Å². The van der Waals surface area contributed by atoms with Crippen LogP contribution in [0.5, 0.6) is 0 Å². The van der Waals surface area contributed by atoms with Gasteiger partial charge in [-0.3, -0.25) is 0 Å². The van der Waals surface area contributed by atoms with Crippen molar-refractivity contribution in [2.24, 2.45) is 5.73 Å². The molecule has 0 bridgehead atoms. The largest absolute Gasteiger partial charge is 0.318 e. The zero-order valence-corrected chi connectivity index (χ0v) is 8.47. The van der Waals surface area contributed by atoms with Crippen LogP contribution in [-0.4, -0.2) is 4.98 Å². The molecule has 78 valence electrons. The van der Waals surface area contributed by atoms with Gasteiger partial charge < -0.3 is 5.73 Å². The number of hydrogen-bond acceptors (Lipinski definition) is 3. The summed E-state index contributed by atoms with van der Waals surface area (Å²) >= 11 is 1.34. The van der Waals surface area contributed by atoms with Crippen molar-refractivity contribution in [2.45, 2.75) is 6.04 Å². The molecular weight excluding hydrogens is 218 g/mol. The number of benzene rings is 1. The summed E-state index contributed by atoms with van der Waals surface area (Å²) in [4.78, 5) is 3.99. The molecule has 1 unspecified atom stereocenters. The van der Waals surface area contributed by atoms with E-state index in [-0.39, 0.29) is 5.56 Å². The lowest BCUT2D eigenvalue weighted by atomic mass is 10.1. The quantitative estimate of drug-likeness (QED) is 0.854. The van der Waals surface area contributed by atoms with Gasteiger partial charge in [-0.05, 0) is 6.07 Å². The Labute approximate surface area is 89.4 Å². The van der Waals surface area contributed by atoms with E-state index in [1.165, 1.54) is 23.5 Å². The molecule has 15 heavy (non-hydrogen) atoms. The van der Waals surface area contributed by atoms with Crippen LogP contribution in [0.15, 0.2) is 29.8 Å². The molecule has 0 amide bonds. The summed E-state index contributed by atoms with van der Waals surface area (Å²) in [5, 5.41) is 2.37. The smallest absolute Gasteiger partial charge is 0.131 e. The first kappa shape index (κ1) is 10.2. The third-order valence-electron chi connectivity index (χ3n) is 2.02. The summed E-state index contributed by atoms with van der Waals surface area (Å²) in [5.74, 6) is -1.25. The summed E-state index contributed by atoms with van der Waals surface area (Å²) in [5.41, 5.74) is 6.05. The van der Waals surface area contributed by atoms with Gasteiger partial charge in [0, 0.05) is 23.2 Å². The molecule has 0 saturated carbocycles. The molecule has 2 nitrogen and oxygen atoms in total. The van der Waals surface area contributed by atoms with Gasteiger partial charge in [-0.15, -0.1) is 11.3 Å². The molecule has 2 aromatic rings. The SMILES string of the molecule is NC(c1nccs1)c1ccc(F)cc1F. The van der Waals surface area contributed by atoms with Crippen molar-refractivity contribution in [2.75, 3.05) is 0 Å². The fourth-order valence-corrected chi connectivity index (χ4v) is 1.93. The number of nitrogens with two attached hydrogens (primary N) is 1. The minimum atomic E-state index is -0.641. The Bertz CT molecular complexity index is 456. The van der Waals surface area contributed by atoms with Crippen LogP contribution in [0.4, 0.5) is 8.78 Å². The van der Waals surface area contributed by atoms with Gasteiger partial charge in [-0.2, -0.15) is 0 Å². The van der Waals surface area contributed by atoms with Crippen molar-refractivity contribution >= 4 is 11.3 Å². The topological polar surface area (TPSA) is 38.9 Å². The first-order valence-corrected chi connectivity index (χ1v) is 5.16. The van der Waals surface area contributed by atoms with Crippen molar-refractivity contribution in [3.63, 3.8) is 0 Å². The molecular formula is C10H8F2N2S. The second-order valence-corrected chi connectivity index (χ2v) is 3.94. The maximum absolute atomic E-state index is 13.3. The van der Waals surface area contributed by atoms with E-state index in [2.05, 4.69) is 4.98 Å². The van der Waals surface area contributed by atoms with Crippen LogP contribution >= 0.6 is 11.3 Å². The van der Waals surface area contributed by atoms with Crippen LogP contribution < -0.4 is 5.73 Å². The molecule has 0 fully saturated rings. The number of thiazole rings is 1. The van der Waals surface area contributed by atoms with E-state index in [9.17, 15) is 8.78 Å². The Morgan fingerprint density at radius 3 is 2.73 bits per heavy atom.